The summed E-state index contributed by atoms with van der Waals surface area (Å²) in [7, 11) is -3.09. The summed E-state index contributed by atoms with van der Waals surface area (Å²) in [6.07, 6.45) is 5.74. The molecule has 7 heteroatoms. The monoisotopic (exact) mass is 748 g/mol. The summed E-state index contributed by atoms with van der Waals surface area (Å²) in [4.78, 5) is 12.1. The molecule has 0 atom stereocenters. The number of rotatable bonds is 5. The zero-order chi connectivity index (χ0) is 37.5. The topological polar surface area (TPSA) is 55.8 Å². The van der Waals surface area contributed by atoms with Crippen molar-refractivity contribution < 1.29 is 9.15 Å². The zero-order valence-electron chi connectivity index (χ0n) is 30.6. The predicted molar refractivity (Wildman–Crippen MR) is 234 cm³/mol. The van der Waals surface area contributed by atoms with Crippen LogP contribution in [-0.4, -0.2) is 22.4 Å². The molecule has 4 aromatic heterocycles. The summed E-state index contributed by atoms with van der Waals surface area (Å²) in [6, 6.07) is 62.4. The van der Waals surface area contributed by atoms with E-state index in [0.29, 0.717) is 17.1 Å². The molecule has 0 amide bonds. The van der Waals surface area contributed by atoms with Gasteiger partial charge in [-0.15, -0.1) is 0 Å². The molecule has 0 radical (unpaired) electrons. The molecule has 0 bridgehead atoms. The van der Waals surface area contributed by atoms with Crippen LogP contribution in [-0.2, 0) is 0 Å². The van der Waals surface area contributed by atoms with Crippen molar-refractivity contribution in [2.45, 2.75) is 0 Å². The van der Waals surface area contributed by atoms with E-state index in [4.69, 9.17) is 19.1 Å². The lowest BCUT2D eigenvalue weighted by Gasteiger charge is -2.45. The van der Waals surface area contributed by atoms with Crippen LogP contribution in [0.3, 0.4) is 0 Å². The summed E-state index contributed by atoms with van der Waals surface area (Å²) in [5, 5.41) is 10.5. The van der Waals surface area contributed by atoms with Gasteiger partial charge in [0.1, 0.15) is 22.8 Å². The minimum atomic E-state index is -3.09. The first-order valence-corrected chi connectivity index (χ1v) is 21.1. The highest BCUT2D eigenvalue weighted by Crippen LogP contribution is 2.46. The average molecular weight is 749 g/mol. The highest BCUT2D eigenvalue weighted by atomic mass is 28.3. The SMILES string of the molecule is c1ccc([Si]2(c3ccccc3)c3ccccc3N(c3ccccn3)c3cc(Oc4ccc5c6ccccc6n6ccnc6c5c4)c4oc5ccccc5c4c32)cc1. The fraction of sp³-hybridized carbons (Fsp3) is 0. The Balaban J connectivity index is 1.21. The van der Waals surface area contributed by atoms with Crippen LogP contribution >= 0.6 is 0 Å². The summed E-state index contributed by atoms with van der Waals surface area (Å²) in [5.74, 6) is 2.15. The van der Waals surface area contributed by atoms with Gasteiger partial charge in [-0.05, 0) is 74.7 Å². The van der Waals surface area contributed by atoms with E-state index in [0.717, 1.165) is 60.9 Å². The minimum absolute atomic E-state index is 0.629. The van der Waals surface area contributed by atoms with Gasteiger partial charge in [0, 0.05) is 51.9 Å². The van der Waals surface area contributed by atoms with Crippen LogP contribution in [0.15, 0.2) is 199 Å². The van der Waals surface area contributed by atoms with Crippen LogP contribution < -0.4 is 30.4 Å². The minimum Gasteiger partial charge on any atom is -0.453 e. The number of benzene rings is 7. The van der Waals surface area contributed by atoms with Crippen LogP contribution in [0.25, 0.3) is 49.3 Å². The van der Waals surface area contributed by atoms with Crippen molar-refractivity contribution in [2.24, 2.45) is 0 Å². The highest BCUT2D eigenvalue weighted by molar-refractivity contribution is 7.22. The molecule has 0 unspecified atom stereocenters. The van der Waals surface area contributed by atoms with Gasteiger partial charge in [0.2, 0.25) is 0 Å². The number of furan rings is 1. The number of para-hydroxylation sites is 3. The van der Waals surface area contributed by atoms with Crippen molar-refractivity contribution in [1.29, 1.82) is 0 Å². The normalized spacial score (nSPS) is 13.4. The molecule has 1 aliphatic heterocycles. The number of pyridine rings is 2. The van der Waals surface area contributed by atoms with Gasteiger partial charge < -0.3 is 9.15 Å². The first-order chi connectivity index (χ1) is 28.3. The average Bonchev–Trinajstić information content (AvgIpc) is 3.94. The summed E-state index contributed by atoms with van der Waals surface area (Å²) in [6.45, 7) is 0. The van der Waals surface area contributed by atoms with Crippen molar-refractivity contribution in [3.8, 4) is 11.5 Å². The molecular formula is C50H32N4O2Si. The van der Waals surface area contributed by atoms with Crippen molar-refractivity contribution in [3.05, 3.63) is 195 Å². The maximum absolute atomic E-state index is 7.12. The number of hydrogen-bond donors (Lipinski definition) is 0. The molecular weight excluding hydrogens is 717 g/mol. The molecule has 0 spiro atoms. The number of hydrogen-bond acceptors (Lipinski definition) is 5. The predicted octanol–water partition coefficient (Wildman–Crippen LogP) is 9.89. The van der Waals surface area contributed by atoms with E-state index in [1.165, 1.54) is 20.7 Å². The van der Waals surface area contributed by atoms with Gasteiger partial charge in [-0.2, -0.15) is 0 Å². The third kappa shape index (κ3) is 4.51. The second kappa shape index (κ2) is 12.3. The van der Waals surface area contributed by atoms with Crippen LogP contribution in [0, 0.1) is 0 Å². The Morgan fingerprint density at radius 3 is 2.07 bits per heavy atom. The van der Waals surface area contributed by atoms with Gasteiger partial charge in [-0.1, -0.05) is 121 Å². The van der Waals surface area contributed by atoms with Crippen molar-refractivity contribution in [1.82, 2.24) is 14.4 Å². The quantitative estimate of drug-likeness (QED) is 0.130. The second-order valence-corrected chi connectivity index (χ2v) is 18.2. The van der Waals surface area contributed by atoms with Crippen molar-refractivity contribution in [2.75, 3.05) is 4.90 Å². The Hall–Kier alpha value is -7.48. The van der Waals surface area contributed by atoms with Crippen LogP contribution in [0.5, 0.6) is 11.5 Å². The van der Waals surface area contributed by atoms with E-state index in [1.807, 2.05) is 30.7 Å². The number of anilines is 3. The van der Waals surface area contributed by atoms with E-state index < -0.39 is 8.07 Å². The summed E-state index contributed by atoms with van der Waals surface area (Å²) < 4.78 is 16.2. The third-order valence-electron chi connectivity index (χ3n) is 11.6. The number of ether oxygens (including phenoxy) is 1. The molecule has 7 aromatic carbocycles. The smallest absolute Gasteiger partial charge is 0.185 e. The fourth-order valence-electron chi connectivity index (χ4n) is 9.36. The number of imidazole rings is 1. The number of aromatic nitrogens is 3. The van der Waals surface area contributed by atoms with Crippen LogP contribution in [0.1, 0.15) is 0 Å². The van der Waals surface area contributed by atoms with E-state index in [-0.39, 0.29) is 0 Å². The lowest BCUT2D eigenvalue weighted by atomic mass is 10.1. The summed E-state index contributed by atoms with van der Waals surface area (Å²) >= 11 is 0. The fourth-order valence-corrected chi connectivity index (χ4v) is 14.7. The first kappa shape index (κ1) is 31.8. The number of nitrogens with zero attached hydrogens (tertiary/aromatic N) is 4. The van der Waals surface area contributed by atoms with E-state index >= 15 is 0 Å². The molecule has 12 rings (SSSR count). The van der Waals surface area contributed by atoms with Gasteiger partial charge in [-0.3, -0.25) is 9.30 Å². The zero-order valence-corrected chi connectivity index (χ0v) is 31.6. The molecule has 6 nitrogen and oxygen atoms in total. The Bertz CT molecular complexity index is 3300. The van der Waals surface area contributed by atoms with Crippen molar-refractivity contribution >= 4 is 95.3 Å². The number of fused-ring (bicyclic) bond motifs is 12. The van der Waals surface area contributed by atoms with Gasteiger partial charge in [-0.25, -0.2) is 9.97 Å². The molecule has 0 aliphatic carbocycles. The lowest BCUT2D eigenvalue weighted by molar-refractivity contribution is 0.477. The third-order valence-corrected chi connectivity index (χ3v) is 16.5. The molecule has 11 aromatic rings. The molecule has 268 valence electrons. The Labute approximate surface area is 328 Å². The Kier molecular flexibility index (Phi) is 6.85. The van der Waals surface area contributed by atoms with Gasteiger partial charge in [0.15, 0.2) is 19.4 Å². The molecule has 0 N–H and O–H groups in total. The highest BCUT2D eigenvalue weighted by Gasteiger charge is 2.51. The van der Waals surface area contributed by atoms with Gasteiger partial charge >= 0.3 is 0 Å². The molecule has 5 heterocycles. The maximum Gasteiger partial charge on any atom is 0.185 e. The Morgan fingerprint density at radius 2 is 1.26 bits per heavy atom. The van der Waals surface area contributed by atoms with E-state index in [2.05, 4.69) is 173 Å². The standard InChI is InChI=1S/C50H32N4O2Si/c1-3-15-34(16-4-1)57(35-17-5-2-6-18-35)45-24-12-10-22-41(45)54(46-25-13-14-28-51-46)42-32-44(48-47(49(42)57)38-20-8-11-23-43(38)56-48)55-33-26-27-36-37-19-7-9-21-40(37)53-30-29-52-50(53)39(36)31-33/h1-32H. The maximum atomic E-state index is 7.12. The molecule has 1 aliphatic rings. The largest absolute Gasteiger partial charge is 0.453 e. The lowest BCUT2D eigenvalue weighted by Crippen LogP contribution is -2.77. The molecule has 57 heavy (non-hydrogen) atoms. The molecule has 0 saturated heterocycles. The van der Waals surface area contributed by atoms with Crippen LogP contribution in [0.4, 0.5) is 17.2 Å². The second-order valence-electron chi connectivity index (χ2n) is 14.5. The molecule has 0 fully saturated rings. The Morgan fingerprint density at radius 1 is 0.544 bits per heavy atom. The molecule has 0 saturated carbocycles. The van der Waals surface area contributed by atoms with E-state index in [1.54, 1.807) is 0 Å². The van der Waals surface area contributed by atoms with Gasteiger partial charge in [0.05, 0.1) is 11.2 Å². The van der Waals surface area contributed by atoms with E-state index in [9.17, 15) is 0 Å². The first-order valence-electron chi connectivity index (χ1n) is 19.1. The van der Waals surface area contributed by atoms with Crippen molar-refractivity contribution in [3.63, 3.8) is 0 Å². The van der Waals surface area contributed by atoms with Crippen LogP contribution in [0.2, 0.25) is 0 Å². The van der Waals surface area contributed by atoms with Gasteiger partial charge in [0.25, 0.3) is 0 Å². The summed E-state index contributed by atoms with van der Waals surface area (Å²) in [5.41, 5.74) is 5.63.